The number of fused-ring (bicyclic) bond motifs is 1. The van der Waals surface area contributed by atoms with Crippen molar-refractivity contribution < 1.29 is 19.3 Å². The first-order valence-electron chi connectivity index (χ1n) is 13.3. The summed E-state index contributed by atoms with van der Waals surface area (Å²) in [6, 6.07) is 6.01. The van der Waals surface area contributed by atoms with Crippen LogP contribution in [0.3, 0.4) is 0 Å². The van der Waals surface area contributed by atoms with E-state index in [4.69, 9.17) is 22.1 Å². The van der Waals surface area contributed by atoms with Crippen LogP contribution in [0.25, 0.3) is 0 Å². The number of halogens is 2. The lowest BCUT2D eigenvalue weighted by Gasteiger charge is -2.46. The van der Waals surface area contributed by atoms with Gasteiger partial charge in [0.2, 0.25) is 0 Å². The number of aromatic nitrogens is 3. The molecule has 12 heteroatoms. The van der Waals surface area contributed by atoms with Gasteiger partial charge in [-0.2, -0.15) is 0 Å². The molecule has 2 saturated heterocycles. The molecule has 5 heterocycles. The predicted octanol–water partition coefficient (Wildman–Crippen LogP) is 3.95. The van der Waals surface area contributed by atoms with Crippen molar-refractivity contribution in [2.24, 2.45) is 11.7 Å². The van der Waals surface area contributed by atoms with Crippen LogP contribution in [0, 0.1) is 11.7 Å². The van der Waals surface area contributed by atoms with Crippen molar-refractivity contribution in [1.29, 1.82) is 0 Å². The van der Waals surface area contributed by atoms with Crippen LogP contribution in [0.1, 0.15) is 44.0 Å². The van der Waals surface area contributed by atoms with Gasteiger partial charge >= 0.3 is 0 Å². The topological polar surface area (TPSA) is 121 Å². The lowest BCUT2D eigenvalue weighted by atomic mass is 9.83. The van der Waals surface area contributed by atoms with Gasteiger partial charge in [0.15, 0.2) is 5.82 Å². The summed E-state index contributed by atoms with van der Waals surface area (Å²) >= 11 is 8.09. The lowest BCUT2D eigenvalue weighted by molar-refractivity contribution is 0.00437. The Balaban J connectivity index is 1.14. The summed E-state index contributed by atoms with van der Waals surface area (Å²) in [5.41, 5.74) is 6.52. The van der Waals surface area contributed by atoms with E-state index in [-0.39, 0.29) is 24.4 Å². The minimum Gasteiger partial charge on any atom is -0.485 e. The number of nitrogens with zero attached hydrogens (tertiary/aromatic N) is 5. The summed E-state index contributed by atoms with van der Waals surface area (Å²) < 4.78 is 20.0. The number of hydrogen-bond donors (Lipinski definition) is 3. The molecule has 3 aliphatic rings. The van der Waals surface area contributed by atoms with Crippen molar-refractivity contribution in [1.82, 2.24) is 15.0 Å². The fourth-order valence-electron chi connectivity index (χ4n) is 5.68. The van der Waals surface area contributed by atoms with Crippen molar-refractivity contribution in [3.8, 4) is 5.75 Å². The molecule has 212 valence electrons. The number of aliphatic hydroxyl groups excluding tert-OH is 1. The number of hydrogen-bond acceptors (Lipinski definition) is 10. The van der Waals surface area contributed by atoms with E-state index >= 15 is 0 Å². The molecule has 0 saturated carbocycles. The van der Waals surface area contributed by atoms with Gasteiger partial charge in [-0.25, -0.2) is 19.3 Å². The molecule has 9 nitrogen and oxygen atoms in total. The molecule has 2 fully saturated rings. The highest BCUT2D eigenvalue weighted by Gasteiger charge is 2.49. The molecule has 3 aromatic rings. The second-order valence-electron chi connectivity index (χ2n) is 11.3. The zero-order valence-corrected chi connectivity index (χ0v) is 23.9. The van der Waals surface area contributed by atoms with Crippen LogP contribution in [0.5, 0.6) is 5.75 Å². The van der Waals surface area contributed by atoms with Gasteiger partial charge in [-0.3, -0.25) is 0 Å². The van der Waals surface area contributed by atoms with Gasteiger partial charge in [0.1, 0.15) is 33.7 Å². The maximum atomic E-state index is 13.7. The van der Waals surface area contributed by atoms with Crippen LogP contribution < -0.4 is 20.3 Å². The fraction of sp³-hybridized carbons (Fsp3) is 0.464. The quantitative estimate of drug-likeness (QED) is 0.391. The summed E-state index contributed by atoms with van der Waals surface area (Å²) in [6.07, 6.45) is 4.66. The first-order chi connectivity index (χ1) is 19.1. The Morgan fingerprint density at radius 3 is 2.62 bits per heavy atom. The zero-order valence-electron chi connectivity index (χ0n) is 22.3. The van der Waals surface area contributed by atoms with Crippen LogP contribution in [-0.2, 0) is 6.61 Å². The molecule has 0 bridgehead atoms. The summed E-state index contributed by atoms with van der Waals surface area (Å²) in [6.45, 7) is 5.96. The van der Waals surface area contributed by atoms with E-state index in [1.54, 1.807) is 18.5 Å². The van der Waals surface area contributed by atoms with Gasteiger partial charge in [-0.1, -0.05) is 29.4 Å². The number of aliphatic hydroxyl groups is 2. The highest BCUT2D eigenvalue weighted by Crippen LogP contribution is 2.48. The first kappa shape index (κ1) is 27.5. The molecule has 0 unspecified atom stereocenters. The lowest BCUT2D eigenvalue weighted by Crippen LogP contribution is -2.56. The second kappa shape index (κ2) is 10.3. The Hall–Kier alpha value is -2.70. The molecule has 1 spiro atoms. The Morgan fingerprint density at radius 1 is 1.18 bits per heavy atom. The third kappa shape index (κ3) is 4.87. The number of ether oxygens (including phenoxy) is 1. The molecule has 0 aliphatic carbocycles. The van der Waals surface area contributed by atoms with E-state index in [0.29, 0.717) is 72.1 Å². The van der Waals surface area contributed by atoms with Gasteiger partial charge in [0.05, 0.1) is 29.5 Å². The first-order valence-corrected chi connectivity index (χ1v) is 14.5. The van der Waals surface area contributed by atoms with Crippen LogP contribution in [0.4, 0.5) is 16.0 Å². The van der Waals surface area contributed by atoms with E-state index in [2.05, 4.69) is 24.8 Å². The van der Waals surface area contributed by atoms with Crippen molar-refractivity contribution >= 4 is 35.0 Å². The van der Waals surface area contributed by atoms with Crippen molar-refractivity contribution in [3.05, 3.63) is 58.8 Å². The number of pyridine rings is 1. The smallest absolute Gasteiger partial charge is 0.152 e. The monoisotopic (exact) mass is 586 g/mol. The highest BCUT2D eigenvalue weighted by atomic mass is 35.5. The van der Waals surface area contributed by atoms with E-state index in [0.717, 1.165) is 10.5 Å². The van der Waals surface area contributed by atoms with Crippen molar-refractivity contribution in [2.45, 2.75) is 60.5 Å². The Bertz CT molecular complexity index is 1430. The summed E-state index contributed by atoms with van der Waals surface area (Å²) in [7, 11) is 0. The number of rotatable bonds is 6. The Morgan fingerprint density at radius 2 is 1.93 bits per heavy atom. The molecular weight excluding hydrogens is 555 g/mol. The van der Waals surface area contributed by atoms with Crippen LogP contribution in [0.2, 0.25) is 5.02 Å². The SMILES string of the molecule is CC(C)(O)C1CN(c2nccc(Sc3cnc(N4CCC5(CC4)Oc4cc(F)ccc4[C@H]5N)c(CO)n3)c2Cl)C1. The summed E-state index contributed by atoms with van der Waals surface area (Å²) in [4.78, 5) is 18.7. The van der Waals surface area contributed by atoms with E-state index < -0.39 is 11.2 Å². The number of benzene rings is 1. The molecule has 1 aromatic carbocycles. The molecule has 1 atom stereocenters. The van der Waals surface area contributed by atoms with E-state index in [9.17, 15) is 14.6 Å². The molecule has 4 N–H and O–H groups in total. The summed E-state index contributed by atoms with van der Waals surface area (Å²) in [5, 5.41) is 21.5. The van der Waals surface area contributed by atoms with Crippen molar-refractivity contribution in [3.63, 3.8) is 0 Å². The van der Waals surface area contributed by atoms with Gasteiger partial charge in [0, 0.05) is 67.7 Å². The molecule has 40 heavy (non-hydrogen) atoms. The van der Waals surface area contributed by atoms with Crippen LogP contribution in [0.15, 0.2) is 46.6 Å². The third-order valence-corrected chi connectivity index (χ3v) is 9.73. The standard InChI is InChI=1S/C28H32ClFN6O3S/c1-27(2,38)16-13-36(14-16)26-23(29)21(5-8-32-26)40-22-12-33-25(19(15-37)34-22)35-9-6-28(7-10-35)24(31)18-4-3-17(30)11-20(18)39-28/h3-5,8,11-12,16,24,37-38H,6-7,9-10,13-15,31H2,1-2H3/t24-/m1/s1. The van der Waals surface area contributed by atoms with Crippen LogP contribution in [-0.4, -0.2) is 62.5 Å². The third-order valence-electron chi connectivity index (χ3n) is 8.28. The molecule has 0 radical (unpaired) electrons. The average Bonchev–Trinajstić information content (AvgIpc) is 3.15. The largest absolute Gasteiger partial charge is 0.485 e. The van der Waals surface area contributed by atoms with Gasteiger partial charge in [-0.05, 0) is 26.0 Å². The predicted molar refractivity (Wildman–Crippen MR) is 151 cm³/mol. The molecular formula is C28H32ClFN6O3S. The normalized spacial score (nSPS) is 20.4. The number of anilines is 2. The Kier molecular flexibility index (Phi) is 7.07. The van der Waals surface area contributed by atoms with Crippen molar-refractivity contribution in [2.75, 3.05) is 36.0 Å². The van der Waals surface area contributed by atoms with Gasteiger partial charge in [0.25, 0.3) is 0 Å². The minimum atomic E-state index is -0.747. The average molecular weight is 587 g/mol. The molecule has 3 aliphatic heterocycles. The molecule has 2 aromatic heterocycles. The number of piperidine rings is 1. The minimum absolute atomic E-state index is 0.158. The maximum absolute atomic E-state index is 13.7. The van der Waals surface area contributed by atoms with Crippen LogP contribution >= 0.6 is 23.4 Å². The zero-order chi connectivity index (χ0) is 28.2. The highest BCUT2D eigenvalue weighted by molar-refractivity contribution is 7.99. The molecule has 6 rings (SSSR count). The second-order valence-corrected chi connectivity index (χ2v) is 12.7. The van der Waals surface area contributed by atoms with E-state index in [1.165, 1.54) is 23.9 Å². The van der Waals surface area contributed by atoms with E-state index in [1.807, 2.05) is 19.9 Å². The summed E-state index contributed by atoms with van der Waals surface area (Å²) in [5.74, 6) is 1.63. The number of nitrogens with two attached hydrogens (primary N) is 1. The fourth-order valence-corrected chi connectivity index (χ4v) is 6.82. The van der Waals surface area contributed by atoms with Gasteiger partial charge < -0.3 is 30.5 Å². The molecule has 0 amide bonds. The Labute approximate surface area is 241 Å². The maximum Gasteiger partial charge on any atom is 0.152 e. The van der Waals surface area contributed by atoms with Gasteiger partial charge in [-0.15, -0.1) is 0 Å².